The van der Waals surface area contributed by atoms with Crippen LogP contribution in [0.3, 0.4) is 0 Å². The number of nitrogens with zero attached hydrogens (tertiary/aromatic N) is 2. The standard InChI is InChI=1S/C12H14ClN3O3/c1-4-16-11(14)8-9(15-12(16)17)6(13)5-7(18-2)10(8)19-3/h5H,4,14H2,1-3H3. The monoisotopic (exact) mass is 283 g/mol. The van der Waals surface area contributed by atoms with Crippen LogP contribution in [-0.2, 0) is 6.54 Å². The molecule has 19 heavy (non-hydrogen) atoms. The third-order valence-corrected chi connectivity index (χ3v) is 3.19. The quantitative estimate of drug-likeness (QED) is 0.927. The predicted molar refractivity (Wildman–Crippen MR) is 74.2 cm³/mol. The van der Waals surface area contributed by atoms with Crippen LogP contribution in [0, 0.1) is 0 Å². The molecule has 0 saturated heterocycles. The first-order valence-electron chi connectivity index (χ1n) is 5.65. The Bertz CT molecular complexity index is 697. The summed E-state index contributed by atoms with van der Waals surface area (Å²) in [5.41, 5.74) is 5.90. The second-order valence-corrected chi connectivity index (χ2v) is 4.25. The van der Waals surface area contributed by atoms with E-state index in [1.165, 1.54) is 18.8 Å². The van der Waals surface area contributed by atoms with E-state index in [4.69, 9.17) is 26.8 Å². The Hall–Kier alpha value is -1.95. The van der Waals surface area contributed by atoms with Crippen molar-refractivity contribution in [3.63, 3.8) is 0 Å². The van der Waals surface area contributed by atoms with Crippen molar-refractivity contribution in [2.45, 2.75) is 13.5 Å². The molecule has 0 fully saturated rings. The van der Waals surface area contributed by atoms with Gasteiger partial charge in [-0.2, -0.15) is 4.98 Å². The number of aromatic nitrogens is 2. The normalized spacial score (nSPS) is 10.7. The first-order chi connectivity index (χ1) is 9.04. The fraction of sp³-hybridized carbons (Fsp3) is 0.333. The van der Waals surface area contributed by atoms with Gasteiger partial charge >= 0.3 is 5.69 Å². The number of nitrogens with two attached hydrogens (primary N) is 1. The van der Waals surface area contributed by atoms with Crippen LogP contribution in [0.2, 0.25) is 5.02 Å². The van der Waals surface area contributed by atoms with Gasteiger partial charge in [0, 0.05) is 12.6 Å². The third-order valence-electron chi connectivity index (χ3n) is 2.90. The topological polar surface area (TPSA) is 79.4 Å². The number of hydrogen-bond acceptors (Lipinski definition) is 5. The van der Waals surface area contributed by atoms with Crippen molar-refractivity contribution in [3.8, 4) is 11.5 Å². The Balaban J connectivity index is 3.04. The largest absolute Gasteiger partial charge is 0.493 e. The van der Waals surface area contributed by atoms with Gasteiger partial charge in [0.15, 0.2) is 11.5 Å². The number of anilines is 1. The van der Waals surface area contributed by atoms with Crippen molar-refractivity contribution in [1.82, 2.24) is 9.55 Å². The van der Waals surface area contributed by atoms with Crippen LogP contribution in [0.5, 0.6) is 11.5 Å². The van der Waals surface area contributed by atoms with Crippen LogP contribution in [0.4, 0.5) is 5.82 Å². The molecule has 6 nitrogen and oxygen atoms in total. The van der Waals surface area contributed by atoms with Gasteiger partial charge in [-0.3, -0.25) is 4.57 Å². The molecule has 0 amide bonds. The second kappa shape index (κ2) is 4.97. The lowest BCUT2D eigenvalue weighted by molar-refractivity contribution is 0.358. The van der Waals surface area contributed by atoms with Crippen LogP contribution in [0.1, 0.15) is 6.92 Å². The highest BCUT2D eigenvalue weighted by Crippen LogP contribution is 2.40. The van der Waals surface area contributed by atoms with E-state index in [-0.39, 0.29) is 5.82 Å². The van der Waals surface area contributed by atoms with E-state index in [1.807, 2.05) is 0 Å². The molecule has 2 rings (SSSR count). The molecule has 1 heterocycles. The van der Waals surface area contributed by atoms with E-state index in [9.17, 15) is 4.79 Å². The lowest BCUT2D eigenvalue weighted by atomic mass is 10.2. The molecule has 0 aliphatic heterocycles. The molecule has 0 spiro atoms. The molecule has 0 saturated carbocycles. The molecular formula is C12H14ClN3O3. The summed E-state index contributed by atoms with van der Waals surface area (Å²) < 4.78 is 11.9. The first kappa shape index (κ1) is 13.5. The van der Waals surface area contributed by atoms with E-state index in [1.54, 1.807) is 13.0 Å². The maximum atomic E-state index is 11.8. The summed E-state index contributed by atoms with van der Waals surface area (Å²) in [5.74, 6) is 1.11. The van der Waals surface area contributed by atoms with E-state index in [0.717, 1.165) is 0 Å². The Morgan fingerprint density at radius 1 is 1.42 bits per heavy atom. The van der Waals surface area contributed by atoms with Gasteiger partial charge in [-0.15, -0.1) is 0 Å². The molecule has 0 unspecified atom stereocenters. The lowest BCUT2D eigenvalue weighted by Crippen LogP contribution is -2.25. The average molecular weight is 284 g/mol. The highest BCUT2D eigenvalue weighted by atomic mass is 35.5. The Kier molecular flexibility index (Phi) is 3.53. The first-order valence-corrected chi connectivity index (χ1v) is 6.03. The summed E-state index contributed by atoms with van der Waals surface area (Å²) in [6.45, 7) is 2.21. The smallest absolute Gasteiger partial charge is 0.349 e. The summed E-state index contributed by atoms with van der Waals surface area (Å²) in [6, 6.07) is 1.55. The summed E-state index contributed by atoms with van der Waals surface area (Å²) >= 11 is 6.11. The van der Waals surface area contributed by atoms with Crippen molar-refractivity contribution in [2.75, 3.05) is 20.0 Å². The minimum Gasteiger partial charge on any atom is -0.493 e. The molecule has 0 aliphatic carbocycles. The van der Waals surface area contributed by atoms with Crippen molar-refractivity contribution in [3.05, 3.63) is 21.6 Å². The fourth-order valence-electron chi connectivity index (χ4n) is 2.00. The minimum atomic E-state index is -0.443. The van der Waals surface area contributed by atoms with Gasteiger partial charge in [-0.1, -0.05) is 11.6 Å². The maximum absolute atomic E-state index is 11.8. The minimum absolute atomic E-state index is 0.259. The van der Waals surface area contributed by atoms with Gasteiger partial charge in [-0.25, -0.2) is 4.79 Å². The summed E-state index contributed by atoms with van der Waals surface area (Å²) in [5, 5.41) is 0.771. The van der Waals surface area contributed by atoms with Crippen LogP contribution in [0.15, 0.2) is 10.9 Å². The second-order valence-electron chi connectivity index (χ2n) is 3.84. The number of hydrogen-bond donors (Lipinski definition) is 1. The van der Waals surface area contributed by atoms with Crippen LogP contribution in [-0.4, -0.2) is 23.8 Å². The molecule has 1 aromatic heterocycles. The Morgan fingerprint density at radius 2 is 2.11 bits per heavy atom. The summed E-state index contributed by atoms with van der Waals surface area (Å²) in [6.07, 6.45) is 0. The van der Waals surface area contributed by atoms with E-state index < -0.39 is 5.69 Å². The molecule has 0 radical (unpaired) electrons. The SMILES string of the molecule is CCn1c(N)c2c(OC)c(OC)cc(Cl)c2nc1=O. The molecule has 1 aromatic carbocycles. The van der Waals surface area contributed by atoms with E-state index >= 15 is 0 Å². The van der Waals surface area contributed by atoms with Gasteiger partial charge in [0.25, 0.3) is 0 Å². The summed E-state index contributed by atoms with van der Waals surface area (Å²) in [4.78, 5) is 15.8. The number of benzene rings is 1. The zero-order chi connectivity index (χ0) is 14.2. The van der Waals surface area contributed by atoms with E-state index in [0.29, 0.717) is 34.0 Å². The summed E-state index contributed by atoms with van der Waals surface area (Å²) in [7, 11) is 2.99. The average Bonchev–Trinajstić information content (AvgIpc) is 2.39. The zero-order valence-electron chi connectivity index (χ0n) is 10.9. The number of methoxy groups -OCH3 is 2. The Morgan fingerprint density at radius 3 is 2.63 bits per heavy atom. The van der Waals surface area contributed by atoms with Crippen LogP contribution >= 0.6 is 11.6 Å². The molecule has 2 aromatic rings. The molecule has 2 N–H and O–H groups in total. The van der Waals surface area contributed by atoms with Gasteiger partial charge < -0.3 is 15.2 Å². The number of nitrogen functional groups attached to an aromatic ring is 1. The number of ether oxygens (including phenoxy) is 2. The van der Waals surface area contributed by atoms with Gasteiger partial charge in [0.2, 0.25) is 0 Å². The highest BCUT2D eigenvalue weighted by Gasteiger charge is 2.19. The zero-order valence-corrected chi connectivity index (χ0v) is 11.6. The van der Waals surface area contributed by atoms with Gasteiger partial charge in [0.05, 0.1) is 24.6 Å². The number of fused-ring (bicyclic) bond motifs is 1. The lowest BCUT2D eigenvalue weighted by Gasteiger charge is -2.15. The molecule has 0 aliphatic rings. The Labute approximate surface area is 114 Å². The number of rotatable bonds is 3. The van der Waals surface area contributed by atoms with Crippen LogP contribution < -0.4 is 20.9 Å². The van der Waals surface area contributed by atoms with E-state index in [2.05, 4.69) is 4.98 Å². The number of halogens is 1. The maximum Gasteiger partial charge on any atom is 0.349 e. The molecule has 102 valence electrons. The van der Waals surface area contributed by atoms with Crippen molar-refractivity contribution >= 4 is 28.3 Å². The molecule has 0 atom stereocenters. The third kappa shape index (κ3) is 1.98. The molecular weight excluding hydrogens is 270 g/mol. The fourth-order valence-corrected chi connectivity index (χ4v) is 2.24. The highest BCUT2D eigenvalue weighted by molar-refractivity contribution is 6.36. The molecule has 7 heteroatoms. The predicted octanol–water partition coefficient (Wildman–Crippen LogP) is 1.67. The van der Waals surface area contributed by atoms with Crippen molar-refractivity contribution in [1.29, 1.82) is 0 Å². The van der Waals surface area contributed by atoms with Gasteiger partial charge in [0.1, 0.15) is 11.3 Å². The van der Waals surface area contributed by atoms with Crippen molar-refractivity contribution in [2.24, 2.45) is 0 Å². The van der Waals surface area contributed by atoms with Gasteiger partial charge in [-0.05, 0) is 6.92 Å². The molecule has 0 bridgehead atoms. The van der Waals surface area contributed by atoms with Crippen LogP contribution in [0.25, 0.3) is 10.9 Å². The van der Waals surface area contributed by atoms with Crippen molar-refractivity contribution < 1.29 is 9.47 Å².